The fraction of sp³-hybridized carbons (Fsp3) is 0.444. The number of nitrogens with zero attached hydrogens (tertiary/aromatic N) is 2. The number of rotatable bonds is 6. The molecule has 2 fully saturated rings. The Morgan fingerprint density at radius 3 is 2.62 bits per heavy atom. The number of anilines is 2. The molecule has 126 valence electrons. The Morgan fingerprint density at radius 1 is 1.17 bits per heavy atom. The fourth-order valence-electron chi connectivity index (χ4n) is 2.64. The number of hydrogen-bond donors (Lipinski definition) is 2. The van der Waals surface area contributed by atoms with E-state index >= 15 is 0 Å². The van der Waals surface area contributed by atoms with Crippen LogP contribution in [0.1, 0.15) is 24.5 Å². The summed E-state index contributed by atoms with van der Waals surface area (Å²) in [6.45, 7) is 3.31. The van der Waals surface area contributed by atoms with Gasteiger partial charge in [0.2, 0.25) is 5.95 Å². The molecule has 4 rings (SSSR count). The molecule has 0 radical (unpaired) electrons. The Hall–Kier alpha value is -2.18. The van der Waals surface area contributed by atoms with Crippen molar-refractivity contribution in [3.8, 4) is 5.75 Å². The third-order valence-electron chi connectivity index (χ3n) is 4.28. The monoisotopic (exact) mass is 326 g/mol. The topological polar surface area (TPSA) is 68.3 Å². The van der Waals surface area contributed by atoms with Crippen LogP contribution in [-0.2, 0) is 4.74 Å². The van der Waals surface area contributed by atoms with Gasteiger partial charge in [-0.1, -0.05) is 12.1 Å². The smallest absolute Gasteiger partial charge is 0.227 e. The van der Waals surface area contributed by atoms with Gasteiger partial charge in [0.15, 0.2) is 5.75 Å². The van der Waals surface area contributed by atoms with Crippen LogP contribution in [0.4, 0.5) is 11.6 Å². The molecule has 6 heteroatoms. The van der Waals surface area contributed by atoms with Crippen LogP contribution in [0.15, 0.2) is 36.7 Å². The molecule has 1 atom stereocenters. The minimum atomic E-state index is 0.131. The van der Waals surface area contributed by atoms with Crippen LogP contribution >= 0.6 is 0 Å². The minimum absolute atomic E-state index is 0.131. The van der Waals surface area contributed by atoms with Gasteiger partial charge in [-0.15, -0.1) is 0 Å². The van der Waals surface area contributed by atoms with Crippen molar-refractivity contribution in [2.45, 2.75) is 18.9 Å². The molecule has 1 aliphatic carbocycles. The highest BCUT2D eigenvalue weighted by atomic mass is 16.5. The quantitative estimate of drug-likeness (QED) is 0.851. The predicted octanol–water partition coefficient (Wildman–Crippen LogP) is 2.67. The molecule has 2 heterocycles. The second kappa shape index (κ2) is 7.15. The van der Waals surface area contributed by atoms with Gasteiger partial charge in [-0.05, 0) is 36.5 Å². The summed E-state index contributed by atoms with van der Waals surface area (Å²) in [6.07, 6.45) is 6.12. The van der Waals surface area contributed by atoms with Gasteiger partial charge >= 0.3 is 0 Å². The van der Waals surface area contributed by atoms with E-state index in [0.29, 0.717) is 5.95 Å². The van der Waals surface area contributed by atoms with Crippen molar-refractivity contribution in [1.29, 1.82) is 0 Å². The maximum atomic E-state index is 5.76. The molecule has 6 nitrogen and oxygen atoms in total. The molecule has 1 saturated heterocycles. The molecule has 0 bridgehead atoms. The molecule has 0 unspecified atom stereocenters. The van der Waals surface area contributed by atoms with E-state index in [0.717, 1.165) is 43.7 Å². The lowest BCUT2D eigenvalue weighted by Crippen LogP contribution is -2.33. The van der Waals surface area contributed by atoms with Crippen molar-refractivity contribution in [2.75, 3.05) is 31.6 Å². The Bertz CT molecular complexity index is 650. The minimum Gasteiger partial charge on any atom is -0.490 e. The molecule has 0 spiro atoms. The van der Waals surface area contributed by atoms with Gasteiger partial charge < -0.3 is 20.1 Å². The summed E-state index contributed by atoms with van der Waals surface area (Å²) in [5.74, 6) is 2.02. The number of morpholine rings is 1. The Kier molecular flexibility index (Phi) is 4.57. The molecule has 1 aromatic carbocycles. The van der Waals surface area contributed by atoms with Gasteiger partial charge in [0.05, 0.1) is 31.7 Å². The third kappa shape index (κ3) is 4.01. The lowest BCUT2D eigenvalue weighted by molar-refractivity contribution is 0.0277. The Morgan fingerprint density at radius 2 is 1.96 bits per heavy atom. The first-order chi connectivity index (χ1) is 11.9. The third-order valence-corrected chi connectivity index (χ3v) is 4.28. The molecule has 1 saturated carbocycles. The molecule has 1 aliphatic heterocycles. The Labute approximate surface area is 141 Å². The standard InChI is InChI=1S/C18H22N4O2/c1-2-13(1)12-24-16-9-20-18(21-10-16)22-15-5-3-14(4-6-15)17-11-19-7-8-23-17/h3-6,9-10,13,17,19H,1-2,7-8,11-12H2,(H,20,21,22)/t17-/m0/s1. The zero-order chi connectivity index (χ0) is 16.2. The number of ether oxygens (including phenoxy) is 2. The number of benzene rings is 1. The van der Waals surface area contributed by atoms with Crippen molar-refractivity contribution in [3.63, 3.8) is 0 Å². The molecular formula is C18H22N4O2. The van der Waals surface area contributed by atoms with Crippen LogP contribution in [0.2, 0.25) is 0 Å². The SMILES string of the molecule is c1cc([C@@H]2CNCCO2)ccc1Nc1ncc(OCC2CC2)cn1. The highest BCUT2D eigenvalue weighted by Crippen LogP contribution is 2.29. The summed E-state index contributed by atoms with van der Waals surface area (Å²) in [5.41, 5.74) is 2.13. The van der Waals surface area contributed by atoms with Crippen LogP contribution in [0.25, 0.3) is 0 Å². The largest absolute Gasteiger partial charge is 0.490 e. The summed E-state index contributed by atoms with van der Waals surface area (Å²) in [5, 5.41) is 6.55. The van der Waals surface area contributed by atoms with Crippen molar-refractivity contribution in [1.82, 2.24) is 15.3 Å². The van der Waals surface area contributed by atoms with Crippen LogP contribution in [0.3, 0.4) is 0 Å². The van der Waals surface area contributed by atoms with Crippen molar-refractivity contribution < 1.29 is 9.47 Å². The average molecular weight is 326 g/mol. The average Bonchev–Trinajstić information content (AvgIpc) is 3.47. The van der Waals surface area contributed by atoms with Crippen molar-refractivity contribution >= 4 is 11.6 Å². The van der Waals surface area contributed by atoms with Gasteiger partial charge in [-0.2, -0.15) is 0 Å². The van der Waals surface area contributed by atoms with Crippen molar-refractivity contribution in [2.24, 2.45) is 5.92 Å². The zero-order valence-electron chi connectivity index (χ0n) is 13.6. The first-order valence-electron chi connectivity index (χ1n) is 8.51. The molecule has 24 heavy (non-hydrogen) atoms. The summed E-state index contributed by atoms with van der Waals surface area (Å²) in [6, 6.07) is 8.20. The first-order valence-corrected chi connectivity index (χ1v) is 8.51. The summed E-state index contributed by atoms with van der Waals surface area (Å²) >= 11 is 0. The van der Waals surface area contributed by atoms with Crippen LogP contribution in [0, 0.1) is 5.92 Å². The van der Waals surface area contributed by atoms with Crippen LogP contribution in [-0.4, -0.2) is 36.3 Å². The molecule has 2 aliphatic rings. The van der Waals surface area contributed by atoms with Gasteiger partial charge in [0, 0.05) is 18.8 Å². The van der Waals surface area contributed by atoms with Gasteiger partial charge in [-0.25, -0.2) is 9.97 Å². The molecule has 2 N–H and O–H groups in total. The lowest BCUT2D eigenvalue weighted by atomic mass is 10.1. The summed E-state index contributed by atoms with van der Waals surface area (Å²) in [4.78, 5) is 8.61. The summed E-state index contributed by atoms with van der Waals surface area (Å²) in [7, 11) is 0. The highest BCUT2D eigenvalue weighted by molar-refractivity contribution is 5.53. The van der Waals surface area contributed by atoms with E-state index in [1.54, 1.807) is 12.4 Å². The molecular weight excluding hydrogens is 304 g/mol. The van der Waals surface area contributed by atoms with E-state index in [1.807, 2.05) is 12.1 Å². The Balaban J connectivity index is 1.34. The van der Waals surface area contributed by atoms with E-state index in [4.69, 9.17) is 9.47 Å². The van der Waals surface area contributed by atoms with E-state index in [2.05, 4.69) is 32.7 Å². The van der Waals surface area contributed by atoms with Gasteiger partial charge in [0.25, 0.3) is 0 Å². The maximum Gasteiger partial charge on any atom is 0.227 e. The highest BCUT2D eigenvalue weighted by Gasteiger charge is 2.22. The fourth-order valence-corrected chi connectivity index (χ4v) is 2.64. The lowest BCUT2D eigenvalue weighted by Gasteiger charge is -2.24. The second-order valence-electron chi connectivity index (χ2n) is 6.31. The second-order valence-corrected chi connectivity index (χ2v) is 6.31. The van der Waals surface area contributed by atoms with E-state index in [1.165, 1.54) is 18.4 Å². The van der Waals surface area contributed by atoms with E-state index in [-0.39, 0.29) is 6.10 Å². The van der Waals surface area contributed by atoms with Crippen LogP contribution < -0.4 is 15.4 Å². The molecule has 2 aromatic rings. The summed E-state index contributed by atoms with van der Waals surface area (Å²) < 4.78 is 11.4. The zero-order valence-corrected chi connectivity index (χ0v) is 13.6. The normalized spacial score (nSPS) is 20.6. The van der Waals surface area contributed by atoms with Crippen LogP contribution in [0.5, 0.6) is 5.75 Å². The molecule has 0 amide bonds. The number of nitrogens with one attached hydrogen (secondary N) is 2. The maximum absolute atomic E-state index is 5.76. The molecule has 1 aromatic heterocycles. The first kappa shape index (κ1) is 15.4. The number of hydrogen-bond acceptors (Lipinski definition) is 6. The number of aromatic nitrogens is 2. The van der Waals surface area contributed by atoms with Gasteiger partial charge in [0.1, 0.15) is 0 Å². The van der Waals surface area contributed by atoms with E-state index in [9.17, 15) is 0 Å². The van der Waals surface area contributed by atoms with Gasteiger partial charge in [-0.3, -0.25) is 0 Å². The van der Waals surface area contributed by atoms with Crippen molar-refractivity contribution in [3.05, 3.63) is 42.2 Å². The predicted molar refractivity (Wildman–Crippen MR) is 91.5 cm³/mol. The van der Waals surface area contributed by atoms with E-state index < -0.39 is 0 Å².